The molecule has 2 aromatic rings. The van der Waals surface area contributed by atoms with Crippen molar-refractivity contribution in [1.29, 1.82) is 0 Å². The molecule has 2 heterocycles. The maximum absolute atomic E-state index is 8.67. The van der Waals surface area contributed by atoms with Gasteiger partial charge in [-0.2, -0.15) is 0 Å². The molecule has 102 valence electrons. The minimum atomic E-state index is 0.103. The van der Waals surface area contributed by atoms with E-state index in [1.165, 1.54) is 22.2 Å². The number of aromatic amines is 1. The van der Waals surface area contributed by atoms with Gasteiger partial charge in [0.2, 0.25) is 0 Å². The Balaban J connectivity index is 1.67. The minimum absolute atomic E-state index is 0.103. The van der Waals surface area contributed by atoms with Crippen molar-refractivity contribution in [2.75, 3.05) is 32.9 Å². The van der Waals surface area contributed by atoms with E-state index >= 15 is 0 Å². The van der Waals surface area contributed by atoms with Crippen LogP contribution in [0.4, 0.5) is 0 Å². The van der Waals surface area contributed by atoms with Crippen LogP contribution in [-0.4, -0.2) is 47.9 Å². The SMILES string of the molecule is OCCOCCN1CCc2c([nH]c3ccccc23)C1. The summed E-state index contributed by atoms with van der Waals surface area (Å²) in [4.78, 5) is 5.92. The quantitative estimate of drug-likeness (QED) is 0.802. The molecule has 19 heavy (non-hydrogen) atoms. The minimum Gasteiger partial charge on any atom is -0.394 e. The van der Waals surface area contributed by atoms with Crippen molar-refractivity contribution in [2.45, 2.75) is 13.0 Å². The predicted molar refractivity (Wildman–Crippen MR) is 75.2 cm³/mol. The van der Waals surface area contributed by atoms with E-state index in [0.29, 0.717) is 13.2 Å². The second kappa shape index (κ2) is 5.74. The highest BCUT2D eigenvalue weighted by atomic mass is 16.5. The summed E-state index contributed by atoms with van der Waals surface area (Å²) in [5, 5.41) is 10.0. The van der Waals surface area contributed by atoms with Gasteiger partial charge in [0.25, 0.3) is 0 Å². The lowest BCUT2D eigenvalue weighted by molar-refractivity contribution is 0.0707. The fourth-order valence-corrected chi connectivity index (χ4v) is 2.80. The topological polar surface area (TPSA) is 48.5 Å². The molecule has 0 unspecified atom stereocenters. The van der Waals surface area contributed by atoms with Gasteiger partial charge in [0.15, 0.2) is 0 Å². The number of ether oxygens (including phenoxy) is 1. The highest BCUT2D eigenvalue weighted by Crippen LogP contribution is 2.27. The molecule has 3 rings (SSSR count). The van der Waals surface area contributed by atoms with Gasteiger partial charge in [-0.3, -0.25) is 4.90 Å². The van der Waals surface area contributed by atoms with Gasteiger partial charge in [-0.1, -0.05) is 18.2 Å². The normalized spacial score (nSPS) is 15.8. The van der Waals surface area contributed by atoms with Gasteiger partial charge in [-0.25, -0.2) is 0 Å². The standard InChI is InChI=1S/C15H20N2O2/c18-8-10-19-9-7-17-6-5-13-12-3-1-2-4-14(12)16-15(13)11-17/h1-4,16,18H,5-11H2. The van der Waals surface area contributed by atoms with E-state index < -0.39 is 0 Å². The Hall–Kier alpha value is -1.36. The first-order valence-electron chi connectivity index (χ1n) is 6.88. The molecule has 2 N–H and O–H groups in total. The number of hydrogen-bond donors (Lipinski definition) is 2. The molecule has 1 aromatic carbocycles. The number of fused-ring (bicyclic) bond motifs is 3. The summed E-state index contributed by atoms with van der Waals surface area (Å²) in [7, 11) is 0. The Kier molecular flexibility index (Phi) is 3.82. The van der Waals surface area contributed by atoms with Crippen molar-refractivity contribution in [2.24, 2.45) is 0 Å². The van der Waals surface area contributed by atoms with Crippen molar-refractivity contribution in [3.05, 3.63) is 35.5 Å². The van der Waals surface area contributed by atoms with Crippen molar-refractivity contribution in [3.63, 3.8) is 0 Å². The molecule has 4 heteroatoms. The molecule has 0 saturated heterocycles. The van der Waals surface area contributed by atoms with E-state index in [1.807, 2.05) is 0 Å². The molecule has 1 aromatic heterocycles. The summed E-state index contributed by atoms with van der Waals surface area (Å²) >= 11 is 0. The van der Waals surface area contributed by atoms with Crippen LogP contribution in [0.5, 0.6) is 0 Å². The molecule has 0 spiro atoms. The molecule has 0 saturated carbocycles. The number of benzene rings is 1. The van der Waals surface area contributed by atoms with Gasteiger partial charge in [0, 0.05) is 36.2 Å². The predicted octanol–water partition coefficient (Wildman–Crippen LogP) is 1.53. The van der Waals surface area contributed by atoms with Crippen LogP contribution in [0.15, 0.2) is 24.3 Å². The Morgan fingerprint density at radius 1 is 1.26 bits per heavy atom. The van der Waals surface area contributed by atoms with Gasteiger partial charge in [0.05, 0.1) is 19.8 Å². The van der Waals surface area contributed by atoms with Crippen LogP contribution >= 0.6 is 0 Å². The van der Waals surface area contributed by atoms with E-state index in [-0.39, 0.29) is 6.61 Å². The number of H-pyrrole nitrogens is 1. The summed E-state index contributed by atoms with van der Waals surface area (Å²) in [5.74, 6) is 0. The Morgan fingerprint density at radius 3 is 3.05 bits per heavy atom. The van der Waals surface area contributed by atoms with Crippen LogP contribution < -0.4 is 0 Å². The van der Waals surface area contributed by atoms with Crippen molar-refractivity contribution < 1.29 is 9.84 Å². The maximum Gasteiger partial charge on any atom is 0.0698 e. The fraction of sp³-hybridized carbons (Fsp3) is 0.467. The molecule has 0 fully saturated rings. The molecule has 0 aliphatic carbocycles. The first-order valence-corrected chi connectivity index (χ1v) is 6.88. The third-order valence-corrected chi connectivity index (χ3v) is 3.75. The van der Waals surface area contributed by atoms with Gasteiger partial charge in [-0.05, 0) is 18.1 Å². The van der Waals surface area contributed by atoms with E-state index in [1.54, 1.807) is 0 Å². The van der Waals surface area contributed by atoms with Gasteiger partial charge in [-0.15, -0.1) is 0 Å². The monoisotopic (exact) mass is 260 g/mol. The number of aliphatic hydroxyl groups excluding tert-OH is 1. The second-order valence-electron chi connectivity index (χ2n) is 4.99. The Labute approximate surface area is 113 Å². The average Bonchev–Trinajstić information content (AvgIpc) is 2.81. The maximum atomic E-state index is 8.67. The molecule has 0 amide bonds. The molecule has 1 aliphatic heterocycles. The molecular formula is C15H20N2O2. The van der Waals surface area contributed by atoms with Crippen LogP contribution in [0.1, 0.15) is 11.3 Å². The molecule has 0 bridgehead atoms. The van der Waals surface area contributed by atoms with Gasteiger partial charge in [0.1, 0.15) is 0 Å². The molecule has 4 nitrogen and oxygen atoms in total. The number of nitrogens with zero attached hydrogens (tertiary/aromatic N) is 1. The van der Waals surface area contributed by atoms with Crippen molar-refractivity contribution >= 4 is 10.9 Å². The lowest BCUT2D eigenvalue weighted by Crippen LogP contribution is -2.33. The Bertz CT molecular complexity index is 550. The summed E-state index contributed by atoms with van der Waals surface area (Å²) in [6.07, 6.45) is 1.10. The number of rotatable bonds is 5. The van der Waals surface area contributed by atoms with E-state index in [2.05, 4.69) is 34.1 Å². The lowest BCUT2D eigenvalue weighted by Gasteiger charge is -2.26. The van der Waals surface area contributed by atoms with E-state index in [0.717, 1.165) is 26.1 Å². The summed E-state index contributed by atoms with van der Waals surface area (Å²) in [6, 6.07) is 8.52. The van der Waals surface area contributed by atoms with Crippen LogP contribution in [0.2, 0.25) is 0 Å². The number of nitrogens with one attached hydrogen (secondary N) is 1. The number of aliphatic hydroxyl groups is 1. The zero-order valence-electron chi connectivity index (χ0n) is 11.1. The molecule has 0 radical (unpaired) electrons. The van der Waals surface area contributed by atoms with Crippen LogP contribution in [0, 0.1) is 0 Å². The molecule has 0 atom stereocenters. The smallest absolute Gasteiger partial charge is 0.0698 e. The first-order chi connectivity index (χ1) is 9.38. The van der Waals surface area contributed by atoms with Gasteiger partial charge < -0.3 is 14.8 Å². The fourth-order valence-electron chi connectivity index (χ4n) is 2.80. The highest BCUT2D eigenvalue weighted by molar-refractivity contribution is 5.84. The third-order valence-electron chi connectivity index (χ3n) is 3.75. The Morgan fingerprint density at radius 2 is 2.16 bits per heavy atom. The lowest BCUT2D eigenvalue weighted by atomic mass is 10.0. The molecule has 1 aliphatic rings. The van der Waals surface area contributed by atoms with Crippen molar-refractivity contribution in [3.8, 4) is 0 Å². The zero-order valence-corrected chi connectivity index (χ0v) is 11.1. The van der Waals surface area contributed by atoms with Crippen LogP contribution in [0.25, 0.3) is 10.9 Å². The molecular weight excluding hydrogens is 240 g/mol. The van der Waals surface area contributed by atoms with E-state index in [4.69, 9.17) is 9.84 Å². The zero-order chi connectivity index (χ0) is 13.1. The largest absolute Gasteiger partial charge is 0.394 e. The summed E-state index contributed by atoms with van der Waals surface area (Å²) < 4.78 is 5.33. The second-order valence-corrected chi connectivity index (χ2v) is 4.99. The first kappa shape index (κ1) is 12.7. The summed E-state index contributed by atoms with van der Waals surface area (Å²) in [5.41, 5.74) is 4.06. The van der Waals surface area contributed by atoms with Gasteiger partial charge >= 0.3 is 0 Å². The summed E-state index contributed by atoms with van der Waals surface area (Å²) in [6.45, 7) is 4.20. The number of para-hydroxylation sites is 1. The number of hydrogen-bond acceptors (Lipinski definition) is 3. The average molecular weight is 260 g/mol. The van der Waals surface area contributed by atoms with E-state index in [9.17, 15) is 0 Å². The highest BCUT2D eigenvalue weighted by Gasteiger charge is 2.19. The van der Waals surface area contributed by atoms with Crippen LogP contribution in [-0.2, 0) is 17.7 Å². The van der Waals surface area contributed by atoms with Crippen molar-refractivity contribution in [1.82, 2.24) is 9.88 Å². The van der Waals surface area contributed by atoms with Crippen LogP contribution in [0.3, 0.4) is 0 Å². The third kappa shape index (κ3) is 2.66. The number of aromatic nitrogens is 1.